The fraction of sp³-hybridized carbons (Fsp3) is 0.235. The highest BCUT2D eigenvalue weighted by molar-refractivity contribution is 6.11. The van der Waals surface area contributed by atoms with Crippen LogP contribution in [-0.2, 0) is 14.3 Å². The van der Waals surface area contributed by atoms with Crippen molar-refractivity contribution in [2.45, 2.75) is 12.5 Å². The molecule has 1 atom stereocenters. The van der Waals surface area contributed by atoms with Gasteiger partial charge >= 0.3 is 0 Å². The van der Waals surface area contributed by atoms with Crippen molar-refractivity contribution >= 4 is 23.4 Å². The molecule has 24 heavy (non-hydrogen) atoms. The lowest BCUT2D eigenvalue weighted by Gasteiger charge is -2.24. The van der Waals surface area contributed by atoms with Gasteiger partial charge in [-0.05, 0) is 17.7 Å². The summed E-state index contributed by atoms with van der Waals surface area (Å²) in [5.74, 6) is -1.07. The number of fused-ring (bicyclic) bond motifs is 2. The van der Waals surface area contributed by atoms with E-state index in [1.165, 1.54) is 29.1 Å². The van der Waals surface area contributed by atoms with Gasteiger partial charge in [0.15, 0.2) is 0 Å². The number of ether oxygens (including phenoxy) is 1. The van der Waals surface area contributed by atoms with Gasteiger partial charge in [-0.1, -0.05) is 18.2 Å². The number of hydrogen-bond donors (Lipinski definition) is 1. The number of methoxy groups -OCH3 is 1. The van der Waals surface area contributed by atoms with Crippen LogP contribution in [0.3, 0.4) is 0 Å². The number of carbonyl (C=O) groups is 3. The molecule has 124 valence electrons. The minimum atomic E-state index is -0.660. The Hall–Kier alpha value is -2.93. The zero-order valence-electron chi connectivity index (χ0n) is 13.1. The molecule has 0 spiro atoms. The van der Waals surface area contributed by atoms with E-state index in [2.05, 4.69) is 0 Å². The van der Waals surface area contributed by atoms with Crippen LogP contribution >= 0.6 is 0 Å². The van der Waals surface area contributed by atoms with E-state index in [0.717, 1.165) is 0 Å². The van der Waals surface area contributed by atoms with Crippen LogP contribution < -0.4 is 10.6 Å². The van der Waals surface area contributed by atoms with Gasteiger partial charge in [0.2, 0.25) is 5.91 Å². The molecule has 1 aromatic carbocycles. The second-order valence-corrected chi connectivity index (χ2v) is 5.57. The van der Waals surface area contributed by atoms with E-state index >= 15 is 0 Å². The Morgan fingerprint density at radius 3 is 2.83 bits per heavy atom. The fourth-order valence-corrected chi connectivity index (χ4v) is 2.94. The SMILES string of the molecule is COCN1C(=O)C2CC(/C=C/C(N)=O)=CN2C(=O)c2ccccc21. The number of nitrogens with two attached hydrogens (primary N) is 1. The first-order valence-corrected chi connectivity index (χ1v) is 7.43. The van der Waals surface area contributed by atoms with Gasteiger partial charge in [0, 0.05) is 25.8 Å². The van der Waals surface area contributed by atoms with Crippen molar-refractivity contribution < 1.29 is 19.1 Å². The van der Waals surface area contributed by atoms with E-state index in [1.54, 1.807) is 30.5 Å². The number of amides is 3. The van der Waals surface area contributed by atoms with Crippen LogP contribution in [0.5, 0.6) is 0 Å². The predicted molar refractivity (Wildman–Crippen MR) is 86.8 cm³/mol. The highest BCUT2D eigenvalue weighted by Crippen LogP contribution is 2.33. The maximum atomic E-state index is 12.9. The largest absolute Gasteiger partial charge is 0.366 e. The van der Waals surface area contributed by atoms with Crippen LogP contribution in [0, 0.1) is 0 Å². The molecular formula is C17H17N3O4. The Balaban J connectivity index is 2.03. The molecule has 7 nitrogen and oxygen atoms in total. The molecule has 0 saturated heterocycles. The number of para-hydroxylation sites is 1. The molecule has 0 radical (unpaired) electrons. The molecule has 0 aromatic heterocycles. The van der Waals surface area contributed by atoms with E-state index in [9.17, 15) is 14.4 Å². The summed E-state index contributed by atoms with van der Waals surface area (Å²) in [6.45, 7) is 0.0555. The van der Waals surface area contributed by atoms with Gasteiger partial charge in [-0.2, -0.15) is 0 Å². The number of hydrogen-bond acceptors (Lipinski definition) is 4. The molecule has 0 bridgehead atoms. The second-order valence-electron chi connectivity index (χ2n) is 5.57. The molecule has 7 heteroatoms. The van der Waals surface area contributed by atoms with E-state index in [0.29, 0.717) is 23.2 Å². The third kappa shape index (κ3) is 2.69. The van der Waals surface area contributed by atoms with Gasteiger partial charge in [0.25, 0.3) is 11.8 Å². The summed E-state index contributed by atoms with van der Waals surface area (Å²) in [4.78, 5) is 39.5. The third-order valence-corrected chi connectivity index (χ3v) is 4.00. The van der Waals surface area contributed by atoms with E-state index in [1.807, 2.05) is 0 Å². The Labute approximate surface area is 139 Å². The van der Waals surface area contributed by atoms with Crippen molar-refractivity contribution in [1.29, 1.82) is 0 Å². The van der Waals surface area contributed by atoms with Crippen LogP contribution in [0.1, 0.15) is 16.8 Å². The fourth-order valence-electron chi connectivity index (χ4n) is 2.94. The molecule has 1 unspecified atom stereocenters. The minimum absolute atomic E-state index is 0.0555. The zero-order chi connectivity index (χ0) is 17.3. The molecule has 1 aromatic rings. The summed E-state index contributed by atoms with van der Waals surface area (Å²) in [5.41, 5.74) is 6.75. The number of anilines is 1. The highest BCUT2D eigenvalue weighted by Gasteiger charge is 2.41. The molecule has 3 amide bonds. The van der Waals surface area contributed by atoms with Gasteiger partial charge in [-0.15, -0.1) is 0 Å². The highest BCUT2D eigenvalue weighted by atomic mass is 16.5. The van der Waals surface area contributed by atoms with E-state index in [-0.39, 0.29) is 18.5 Å². The first-order valence-electron chi connectivity index (χ1n) is 7.43. The molecule has 3 rings (SSSR count). The van der Waals surface area contributed by atoms with Crippen LogP contribution in [0.25, 0.3) is 0 Å². The number of allylic oxidation sites excluding steroid dienone is 1. The van der Waals surface area contributed by atoms with Crippen molar-refractivity contribution in [3.05, 3.63) is 53.8 Å². The van der Waals surface area contributed by atoms with Crippen molar-refractivity contribution in [3.8, 4) is 0 Å². The van der Waals surface area contributed by atoms with Gasteiger partial charge < -0.3 is 15.4 Å². The molecule has 0 saturated carbocycles. The van der Waals surface area contributed by atoms with Gasteiger partial charge in [0.05, 0.1) is 11.3 Å². The number of carbonyl (C=O) groups excluding carboxylic acids is 3. The van der Waals surface area contributed by atoms with Gasteiger partial charge in [0.1, 0.15) is 12.8 Å². The quantitative estimate of drug-likeness (QED) is 0.827. The first kappa shape index (κ1) is 15.9. The maximum Gasteiger partial charge on any atom is 0.260 e. The number of nitrogens with zero attached hydrogens (tertiary/aromatic N) is 2. The van der Waals surface area contributed by atoms with Crippen LogP contribution in [-0.4, -0.2) is 42.5 Å². The lowest BCUT2D eigenvalue weighted by Crippen LogP contribution is -2.44. The smallest absolute Gasteiger partial charge is 0.260 e. The van der Waals surface area contributed by atoms with E-state index in [4.69, 9.17) is 10.5 Å². The maximum absolute atomic E-state index is 12.9. The molecule has 2 heterocycles. The van der Waals surface area contributed by atoms with Crippen LogP contribution in [0.4, 0.5) is 5.69 Å². The molecule has 0 aliphatic carbocycles. The summed E-state index contributed by atoms with van der Waals surface area (Å²) in [6, 6.07) is 6.27. The molecular weight excluding hydrogens is 310 g/mol. The third-order valence-electron chi connectivity index (χ3n) is 4.00. The summed E-state index contributed by atoms with van der Waals surface area (Å²) in [5, 5.41) is 0. The lowest BCUT2D eigenvalue weighted by atomic mass is 10.1. The predicted octanol–water partition coefficient (Wildman–Crippen LogP) is 0.777. The number of primary amides is 1. The number of rotatable bonds is 4. The van der Waals surface area contributed by atoms with E-state index < -0.39 is 11.9 Å². The normalized spacial score (nSPS) is 20.0. The molecule has 0 fully saturated rings. The summed E-state index contributed by atoms with van der Waals surface area (Å²) in [6.07, 6.45) is 4.66. The van der Waals surface area contributed by atoms with Crippen molar-refractivity contribution in [2.75, 3.05) is 18.7 Å². The zero-order valence-corrected chi connectivity index (χ0v) is 13.1. The molecule has 2 aliphatic rings. The molecule has 2 aliphatic heterocycles. The average Bonchev–Trinajstić information content (AvgIpc) is 2.98. The topological polar surface area (TPSA) is 92.9 Å². The number of benzene rings is 1. The van der Waals surface area contributed by atoms with Gasteiger partial charge in [-0.25, -0.2) is 0 Å². The van der Waals surface area contributed by atoms with Crippen LogP contribution in [0.15, 0.2) is 48.2 Å². The second kappa shape index (κ2) is 6.29. The minimum Gasteiger partial charge on any atom is -0.366 e. The molecule has 2 N–H and O–H groups in total. The Kier molecular flexibility index (Phi) is 4.18. The summed E-state index contributed by atoms with van der Waals surface area (Å²) >= 11 is 0. The summed E-state index contributed by atoms with van der Waals surface area (Å²) < 4.78 is 5.14. The Morgan fingerprint density at radius 2 is 2.12 bits per heavy atom. The van der Waals surface area contributed by atoms with Crippen molar-refractivity contribution in [1.82, 2.24) is 4.90 Å². The van der Waals surface area contributed by atoms with Gasteiger partial charge in [-0.3, -0.25) is 19.3 Å². The average molecular weight is 327 g/mol. The standard InChI is InChI=1S/C17H17N3O4/c1-24-10-20-13-5-3-2-4-12(13)16(22)19-9-11(6-7-15(18)21)8-14(19)17(20)23/h2-7,9,14H,8,10H2,1H3,(H2,18,21)/b7-6+. The van der Waals surface area contributed by atoms with Crippen LogP contribution in [0.2, 0.25) is 0 Å². The summed E-state index contributed by atoms with van der Waals surface area (Å²) in [7, 11) is 1.49. The van der Waals surface area contributed by atoms with Crippen molar-refractivity contribution in [2.24, 2.45) is 5.73 Å². The Morgan fingerprint density at radius 1 is 1.38 bits per heavy atom. The van der Waals surface area contributed by atoms with Crippen molar-refractivity contribution in [3.63, 3.8) is 0 Å². The lowest BCUT2D eigenvalue weighted by molar-refractivity contribution is -0.122. The first-order chi connectivity index (χ1) is 11.5. The Bertz CT molecular complexity index is 769. The monoisotopic (exact) mass is 327 g/mol.